The van der Waals surface area contributed by atoms with Crippen LogP contribution in [0.15, 0.2) is 84.9 Å². The van der Waals surface area contributed by atoms with Crippen molar-refractivity contribution in [2.24, 2.45) is 0 Å². The van der Waals surface area contributed by atoms with Gasteiger partial charge in [-0.05, 0) is 37.0 Å². The summed E-state index contributed by atoms with van der Waals surface area (Å²) in [6.07, 6.45) is 3.38. The van der Waals surface area contributed by atoms with Gasteiger partial charge >= 0.3 is 0 Å². The lowest BCUT2D eigenvalue weighted by Gasteiger charge is -2.11. The first-order chi connectivity index (χ1) is 13.4. The van der Waals surface area contributed by atoms with Crippen molar-refractivity contribution < 1.29 is 0 Å². The second-order valence-corrected chi connectivity index (χ2v) is 6.65. The fourth-order valence-electron chi connectivity index (χ4n) is 3.23. The molecule has 0 radical (unpaired) electrons. The van der Waals surface area contributed by atoms with E-state index in [2.05, 4.69) is 41.7 Å². The molecule has 0 spiro atoms. The van der Waals surface area contributed by atoms with Crippen molar-refractivity contribution >= 4 is 16.7 Å². The van der Waals surface area contributed by atoms with E-state index in [1.807, 2.05) is 48.5 Å². The van der Waals surface area contributed by atoms with E-state index in [-0.39, 0.29) is 0 Å². The van der Waals surface area contributed by atoms with Crippen molar-refractivity contribution in [3.05, 3.63) is 90.5 Å². The van der Waals surface area contributed by atoms with E-state index in [4.69, 9.17) is 9.97 Å². The number of hydrogen-bond acceptors (Lipinski definition) is 3. The predicted molar refractivity (Wildman–Crippen MR) is 113 cm³/mol. The molecule has 0 aliphatic heterocycles. The number of benzene rings is 3. The minimum Gasteiger partial charge on any atom is -0.369 e. The van der Waals surface area contributed by atoms with Gasteiger partial charge in [0.1, 0.15) is 5.82 Å². The third-order valence-corrected chi connectivity index (χ3v) is 4.66. The number of anilines is 1. The van der Waals surface area contributed by atoms with Crippen LogP contribution in [0.5, 0.6) is 0 Å². The molecule has 0 saturated carbocycles. The zero-order valence-electron chi connectivity index (χ0n) is 15.3. The van der Waals surface area contributed by atoms with Gasteiger partial charge in [-0.3, -0.25) is 0 Å². The number of para-hydroxylation sites is 1. The van der Waals surface area contributed by atoms with Crippen molar-refractivity contribution in [1.82, 2.24) is 9.97 Å². The van der Waals surface area contributed by atoms with Crippen LogP contribution in [-0.4, -0.2) is 16.5 Å². The Morgan fingerprint density at radius 3 is 2.19 bits per heavy atom. The molecule has 4 rings (SSSR count). The number of rotatable bonds is 7. The Hall–Kier alpha value is -3.20. The molecule has 27 heavy (non-hydrogen) atoms. The molecule has 3 nitrogen and oxygen atoms in total. The van der Waals surface area contributed by atoms with E-state index in [1.165, 1.54) is 5.56 Å². The summed E-state index contributed by atoms with van der Waals surface area (Å²) in [6.45, 7) is 0.905. The van der Waals surface area contributed by atoms with Crippen molar-refractivity contribution in [3.63, 3.8) is 0 Å². The number of fused-ring (bicyclic) bond motifs is 1. The van der Waals surface area contributed by atoms with Crippen LogP contribution in [0.2, 0.25) is 0 Å². The third kappa shape index (κ3) is 4.32. The molecule has 0 bridgehead atoms. The van der Waals surface area contributed by atoms with Crippen LogP contribution in [0.4, 0.5) is 5.82 Å². The molecule has 0 fully saturated rings. The topological polar surface area (TPSA) is 37.8 Å². The van der Waals surface area contributed by atoms with Crippen LogP contribution < -0.4 is 5.32 Å². The van der Waals surface area contributed by atoms with Gasteiger partial charge in [0.05, 0.1) is 5.52 Å². The van der Waals surface area contributed by atoms with Crippen molar-refractivity contribution in [3.8, 4) is 11.4 Å². The summed E-state index contributed by atoms with van der Waals surface area (Å²) < 4.78 is 0. The molecule has 3 heteroatoms. The second kappa shape index (κ2) is 8.45. The summed E-state index contributed by atoms with van der Waals surface area (Å²) in [5.74, 6) is 1.68. The van der Waals surface area contributed by atoms with Gasteiger partial charge in [0, 0.05) is 17.5 Å². The Kier molecular flexibility index (Phi) is 5.39. The minimum atomic E-state index is 0.765. The van der Waals surface area contributed by atoms with Gasteiger partial charge in [-0.1, -0.05) is 72.8 Å². The Morgan fingerprint density at radius 1 is 0.667 bits per heavy atom. The first kappa shape index (κ1) is 17.2. The van der Waals surface area contributed by atoms with Gasteiger partial charge in [-0.2, -0.15) is 0 Å². The maximum absolute atomic E-state index is 4.80. The molecule has 0 aliphatic rings. The summed E-state index contributed by atoms with van der Waals surface area (Å²) in [5, 5.41) is 4.60. The summed E-state index contributed by atoms with van der Waals surface area (Å²) >= 11 is 0. The quantitative estimate of drug-likeness (QED) is 0.431. The smallest absolute Gasteiger partial charge is 0.162 e. The lowest BCUT2D eigenvalue weighted by Crippen LogP contribution is -2.06. The number of nitrogens with zero attached hydrogens (tertiary/aromatic N) is 2. The van der Waals surface area contributed by atoms with E-state index in [9.17, 15) is 0 Å². The lowest BCUT2D eigenvalue weighted by atomic mass is 10.1. The molecule has 0 unspecified atom stereocenters. The average Bonchev–Trinajstić information content (AvgIpc) is 2.74. The summed E-state index contributed by atoms with van der Waals surface area (Å²) in [5.41, 5.74) is 3.41. The Bertz CT molecular complexity index is 998. The van der Waals surface area contributed by atoms with Crippen LogP contribution in [0.25, 0.3) is 22.3 Å². The molecule has 1 heterocycles. The summed E-state index contributed by atoms with van der Waals surface area (Å²) in [6, 6.07) is 29.0. The number of nitrogens with one attached hydrogen (secondary N) is 1. The standard InChI is InChI=1S/C24H23N3/c1-3-11-19(12-4-1)13-9-10-18-25-24-21-16-7-8-17-22(21)26-23(27-24)20-14-5-2-6-15-20/h1-8,11-12,14-17H,9-10,13,18H2,(H,25,26,27). The largest absolute Gasteiger partial charge is 0.369 e. The van der Waals surface area contributed by atoms with E-state index >= 15 is 0 Å². The fraction of sp³-hybridized carbons (Fsp3) is 0.167. The van der Waals surface area contributed by atoms with Gasteiger partial charge < -0.3 is 5.32 Å². The number of unbranched alkanes of at least 4 members (excludes halogenated alkanes) is 1. The maximum atomic E-state index is 4.80. The summed E-state index contributed by atoms with van der Waals surface area (Å²) in [7, 11) is 0. The molecule has 0 atom stereocenters. The Morgan fingerprint density at radius 2 is 1.37 bits per heavy atom. The van der Waals surface area contributed by atoms with Gasteiger partial charge in [0.15, 0.2) is 5.82 Å². The number of hydrogen-bond donors (Lipinski definition) is 1. The van der Waals surface area contributed by atoms with E-state index in [0.717, 1.165) is 53.9 Å². The molecular formula is C24H23N3. The highest BCUT2D eigenvalue weighted by Crippen LogP contribution is 2.24. The second-order valence-electron chi connectivity index (χ2n) is 6.65. The predicted octanol–water partition coefficient (Wildman–Crippen LogP) is 5.73. The van der Waals surface area contributed by atoms with Gasteiger partial charge in [-0.25, -0.2) is 9.97 Å². The normalized spacial score (nSPS) is 10.8. The van der Waals surface area contributed by atoms with Crippen molar-refractivity contribution in [2.75, 3.05) is 11.9 Å². The minimum absolute atomic E-state index is 0.765. The zero-order valence-corrected chi connectivity index (χ0v) is 15.3. The van der Waals surface area contributed by atoms with Crippen LogP contribution in [0.3, 0.4) is 0 Å². The van der Waals surface area contributed by atoms with E-state index in [1.54, 1.807) is 0 Å². The Labute approximate surface area is 160 Å². The zero-order chi connectivity index (χ0) is 18.3. The van der Waals surface area contributed by atoms with Crippen molar-refractivity contribution in [1.29, 1.82) is 0 Å². The van der Waals surface area contributed by atoms with Crippen LogP contribution in [-0.2, 0) is 6.42 Å². The van der Waals surface area contributed by atoms with Crippen LogP contribution >= 0.6 is 0 Å². The molecule has 3 aromatic carbocycles. The van der Waals surface area contributed by atoms with Crippen LogP contribution in [0.1, 0.15) is 18.4 Å². The van der Waals surface area contributed by atoms with Gasteiger partial charge in [-0.15, -0.1) is 0 Å². The molecule has 0 saturated heterocycles. The fourth-order valence-corrected chi connectivity index (χ4v) is 3.23. The van der Waals surface area contributed by atoms with Crippen LogP contribution in [0, 0.1) is 0 Å². The first-order valence-electron chi connectivity index (χ1n) is 9.50. The molecule has 0 amide bonds. The number of aryl methyl sites for hydroxylation is 1. The molecule has 4 aromatic rings. The van der Waals surface area contributed by atoms with E-state index in [0.29, 0.717) is 0 Å². The van der Waals surface area contributed by atoms with Crippen molar-refractivity contribution in [2.45, 2.75) is 19.3 Å². The summed E-state index contributed by atoms with van der Waals surface area (Å²) in [4.78, 5) is 9.54. The third-order valence-electron chi connectivity index (χ3n) is 4.66. The highest BCUT2D eigenvalue weighted by Gasteiger charge is 2.08. The monoisotopic (exact) mass is 353 g/mol. The maximum Gasteiger partial charge on any atom is 0.162 e. The van der Waals surface area contributed by atoms with Gasteiger partial charge in [0.2, 0.25) is 0 Å². The van der Waals surface area contributed by atoms with Gasteiger partial charge in [0.25, 0.3) is 0 Å². The molecular weight excluding hydrogens is 330 g/mol. The average molecular weight is 353 g/mol. The highest BCUT2D eigenvalue weighted by molar-refractivity contribution is 5.90. The molecule has 134 valence electrons. The lowest BCUT2D eigenvalue weighted by molar-refractivity contribution is 0.762. The molecule has 1 aromatic heterocycles. The Balaban J connectivity index is 1.47. The SMILES string of the molecule is c1ccc(CCCCNc2nc(-c3ccccc3)nc3ccccc23)cc1. The first-order valence-corrected chi connectivity index (χ1v) is 9.50. The number of aromatic nitrogens is 2. The highest BCUT2D eigenvalue weighted by atomic mass is 15.0. The molecule has 0 aliphatic carbocycles. The molecule has 1 N–H and O–H groups in total. The van der Waals surface area contributed by atoms with E-state index < -0.39 is 0 Å².